The molecule has 0 N–H and O–H groups in total. The zero-order valence-electron chi connectivity index (χ0n) is 65.2. The van der Waals surface area contributed by atoms with Crippen molar-refractivity contribution in [1.82, 2.24) is 29.9 Å². The van der Waals surface area contributed by atoms with Crippen LogP contribution in [0.1, 0.15) is 0 Å². The second-order valence-electron chi connectivity index (χ2n) is 30.6. The van der Waals surface area contributed by atoms with Gasteiger partial charge in [0.2, 0.25) is 0 Å². The zero-order chi connectivity index (χ0) is 79.9. The number of aromatic nitrogens is 6. The molecule has 24 aromatic rings. The van der Waals surface area contributed by atoms with Crippen LogP contribution in [0.4, 0.5) is 0 Å². The van der Waals surface area contributed by atoms with E-state index in [1.54, 1.807) is 0 Å². The molecule has 0 bridgehead atoms. The Kier molecular flexibility index (Phi) is 17.0. The van der Waals surface area contributed by atoms with E-state index in [2.05, 4.69) is 297 Å². The molecule has 0 amide bonds. The van der Waals surface area contributed by atoms with Gasteiger partial charge in [-0.3, -0.25) is 0 Å². The first-order valence-electron chi connectivity index (χ1n) is 40.7. The number of nitrogens with zero attached hydrogens (tertiary/aromatic N) is 6. The summed E-state index contributed by atoms with van der Waals surface area (Å²) in [4.78, 5) is 30.9. The summed E-state index contributed by atoms with van der Waals surface area (Å²) in [6, 6.07) is 144. The molecule has 0 spiro atoms. The SMILES string of the molecule is c1ccc(-c2cccc(-c3nc(-c4ccccc4)nc(-c4cccc5oc6ccc(-c7cccc8c(-c9cccc(-c%10ccccc%10)c9)cccc78)cc6c45)n3)c2)cc1.c1ccc(-c2nc(-c3ccccc3-c3cccc4oc5ccc(-c6ccc7c8ccccc8c8ccccc8c7c6)cc5c34)nc(-c3cccc4c3oc3ccccc34)n2)cc1. The van der Waals surface area contributed by atoms with Crippen molar-refractivity contribution >= 4 is 109 Å². The van der Waals surface area contributed by atoms with Crippen molar-refractivity contribution < 1.29 is 13.3 Å². The summed E-state index contributed by atoms with van der Waals surface area (Å²) >= 11 is 0. The maximum atomic E-state index is 6.60. The first-order chi connectivity index (χ1) is 60.0. The van der Waals surface area contributed by atoms with Crippen LogP contribution in [0, 0.1) is 0 Å². The van der Waals surface area contributed by atoms with Gasteiger partial charge < -0.3 is 13.3 Å². The lowest BCUT2D eigenvalue weighted by atomic mass is 9.91. The Morgan fingerprint density at radius 2 is 0.446 bits per heavy atom. The molecule has 0 unspecified atom stereocenters. The molecule has 0 aliphatic rings. The quantitative estimate of drug-likeness (QED) is 0.110. The molecule has 564 valence electrons. The van der Waals surface area contributed by atoms with Crippen LogP contribution in [-0.4, -0.2) is 29.9 Å². The van der Waals surface area contributed by atoms with E-state index in [9.17, 15) is 0 Å². The average molecular weight is 1550 g/mol. The van der Waals surface area contributed by atoms with Gasteiger partial charge >= 0.3 is 0 Å². The van der Waals surface area contributed by atoms with Gasteiger partial charge in [0, 0.05) is 60.1 Å². The minimum atomic E-state index is 0.543. The third-order valence-electron chi connectivity index (χ3n) is 23.5. The van der Waals surface area contributed by atoms with Crippen LogP contribution in [0.3, 0.4) is 0 Å². The first kappa shape index (κ1) is 70.1. The van der Waals surface area contributed by atoms with Crippen LogP contribution in [0.25, 0.3) is 244 Å². The van der Waals surface area contributed by atoms with Gasteiger partial charge in [0.05, 0.1) is 5.56 Å². The van der Waals surface area contributed by atoms with E-state index in [-0.39, 0.29) is 0 Å². The lowest BCUT2D eigenvalue weighted by Crippen LogP contribution is -2.01. The van der Waals surface area contributed by atoms with Crippen molar-refractivity contribution in [2.45, 2.75) is 0 Å². The summed E-state index contributed by atoms with van der Waals surface area (Å²) in [5.74, 6) is 3.51. The standard InChI is InChI=1S/C57H33N3O2.C55H35N3O/c1-2-14-34(15-3-1)55-58-56(60-57(59-55)47-25-12-24-45-43-21-10-11-26-50(43)62-54(45)47)46-22-9-8-20-41(46)44-23-13-27-52-53(44)49-33-36(29-31-51(49)61-52)35-28-30-42-39-18-5-4-16-37(39)38-17-6-7-19-40(38)48(42)32-35;1-4-15-36(16-5-1)39-21-10-23-41(33-39)44-25-12-28-47-45(26-13-27-46(44)47)42-31-32-50-49(35-42)52-48(29-14-30-51(52)59-50)55-57-53(38-19-8-3-9-20-38)56-54(58-55)43-24-11-22-40(34-43)37-17-6-2-7-18-37/h1-33H;1-35H. The van der Waals surface area contributed by atoms with Gasteiger partial charge in [0.1, 0.15) is 33.5 Å². The highest BCUT2D eigenvalue weighted by Crippen LogP contribution is 2.47. The number of para-hydroxylation sites is 2. The van der Waals surface area contributed by atoms with Crippen LogP contribution in [0.15, 0.2) is 426 Å². The molecule has 121 heavy (non-hydrogen) atoms. The van der Waals surface area contributed by atoms with Crippen LogP contribution in [0.5, 0.6) is 0 Å². The lowest BCUT2D eigenvalue weighted by Gasteiger charge is -2.13. The fourth-order valence-electron chi connectivity index (χ4n) is 17.8. The number of furan rings is 3. The van der Waals surface area contributed by atoms with Crippen molar-refractivity contribution in [3.8, 4) is 135 Å². The van der Waals surface area contributed by atoms with Gasteiger partial charge in [0.15, 0.2) is 34.9 Å². The predicted molar refractivity (Wildman–Crippen MR) is 497 cm³/mol. The Morgan fingerprint density at radius 1 is 0.132 bits per heavy atom. The summed E-state index contributed by atoms with van der Waals surface area (Å²) in [5.41, 5.74) is 23.7. The number of hydrogen-bond donors (Lipinski definition) is 0. The second kappa shape index (κ2) is 29.4. The number of fused-ring (bicyclic) bond motifs is 16. The zero-order valence-corrected chi connectivity index (χ0v) is 65.2. The smallest absolute Gasteiger partial charge is 0.167 e. The van der Waals surface area contributed by atoms with Crippen molar-refractivity contribution in [2.75, 3.05) is 0 Å². The molecule has 9 nitrogen and oxygen atoms in total. The molecule has 0 radical (unpaired) electrons. The molecule has 5 heterocycles. The third-order valence-corrected chi connectivity index (χ3v) is 23.5. The normalized spacial score (nSPS) is 11.6. The highest BCUT2D eigenvalue weighted by Gasteiger charge is 2.25. The van der Waals surface area contributed by atoms with E-state index in [1.807, 2.05) is 115 Å². The molecule has 24 rings (SSSR count). The predicted octanol–water partition coefficient (Wildman–Crippen LogP) is 30.1. The lowest BCUT2D eigenvalue weighted by molar-refractivity contribution is 0.668. The molecule has 19 aromatic carbocycles. The molecule has 0 saturated carbocycles. The molecule has 0 atom stereocenters. The Labute approximate surface area is 695 Å². The van der Waals surface area contributed by atoms with Crippen LogP contribution in [-0.2, 0) is 0 Å². The molecule has 0 aliphatic carbocycles. The summed E-state index contributed by atoms with van der Waals surface area (Å²) in [6.07, 6.45) is 0. The number of rotatable bonds is 12. The van der Waals surface area contributed by atoms with E-state index in [0.29, 0.717) is 34.9 Å². The topological polar surface area (TPSA) is 117 Å². The minimum Gasteiger partial charge on any atom is -0.456 e. The van der Waals surface area contributed by atoms with Crippen molar-refractivity contribution in [1.29, 1.82) is 0 Å². The maximum absolute atomic E-state index is 6.60. The summed E-state index contributed by atoms with van der Waals surface area (Å²) in [6.45, 7) is 0. The fraction of sp³-hybridized carbons (Fsp3) is 0. The Hall–Kier alpha value is -16.4. The van der Waals surface area contributed by atoms with Crippen LogP contribution in [0.2, 0.25) is 0 Å². The monoisotopic (exact) mass is 1540 g/mol. The van der Waals surface area contributed by atoms with E-state index >= 15 is 0 Å². The minimum absolute atomic E-state index is 0.543. The highest BCUT2D eigenvalue weighted by molar-refractivity contribution is 6.26. The van der Waals surface area contributed by atoms with Gasteiger partial charge in [-0.25, -0.2) is 29.9 Å². The fourth-order valence-corrected chi connectivity index (χ4v) is 17.8. The first-order valence-corrected chi connectivity index (χ1v) is 40.7. The molecular formula is C112H68N6O3. The molecule has 0 aliphatic heterocycles. The largest absolute Gasteiger partial charge is 0.456 e. The van der Waals surface area contributed by atoms with Crippen molar-refractivity contribution in [3.05, 3.63) is 413 Å². The Balaban J connectivity index is 0.000000141. The third kappa shape index (κ3) is 12.5. The van der Waals surface area contributed by atoms with E-state index in [4.69, 9.17) is 43.2 Å². The van der Waals surface area contributed by atoms with E-state index < -0.39 is 0 Å². The highest BCUT2D eigenvalue weighted by atomic mass is 16.3. The molecular weight excluding hydrogens is 1480 g/mol. The molecule has 9 heteroatoms. The van der Waals surface area contributed by atoms with Gasteiger partial charge in [0.25, 0.3) is 0 Å². The maximum Gasteiger partial charge on any atom is 0.167 e. The van der Waals surface area contributed by atoms with E-state index in [1.165, 1.54) is 65.3 Å². The van der Waals surface area contributed by atoms with Crippen LogP contribution < -0.4 is 0 Å². The van der Waals surface area contributed by atoms with Crippen LogP contribution >= 0.6 is 0 Å². The van der Waals surface area contributed by atoms with E-state index in [0.717, 1.165) is 144 Å². The molecule has 0 fully saturated rings. The van der Waals surface area contributed by atoms with Gasteiger partial charge in [-0.1, -0.05) is 346 Å². The van der Waals surface area contributed by atoms with Gasteiger partial charge in [-0.2, -0.15) is 0 Å². The van der Waals surface area contributed by atoms with Gasteiger partial charge in [-0.05, 0) is 177 Å². The average Bonchev–Trinajstić information content (AvgIpc) is 1.73. The number of benzene rings is 19. The van der Waals surface area contributed by atoms with Crippen molar-refractivity contribution in [2.24, 2.45) is 0 Å². The summed E-state index contributed by atoms with van der Waals surface area (Å²) in [5, 5.41) is 16.1. The number of hydrogen-bond acceptors (Lipinski definition) is 9. The summed E-state index contributed by atoms with van der Waals surface area (Å²) in [7, 11) is 0. The van der Waals surface area contributed by atoms with Crippen molar-refractivity contribution in [3.63, 3.8) is 0 Å². The second-order valence-corrected chi connectivity index (χ2v) is 30.6. The van der Waals surface area contributed by atoms with Gasteiger partial charge in [-0.15, -0.1) is 0 Å². The summed E-state index contributed by atoms with van der Waals surface area (Å²) < 4.78 is 19.6. The Morgan fingerprint density at radius 3 is 1.04 bits per heavy atom. The molecule has 5 aromatic heterocycles. The Bertz CT molecular complexity index is 8190. The molecule has 0 saturated heterocycles.